The molecular formula is C7H14O3S2. The molecule has 0 aliphatic heterocycles. The van der Waals surface area contributed by atoms with Crippen molar-refractivity contribution >= 4 is 31.2 Å². The lowest BCUT2D eigenvalue weighted by Crippen LogP contribution is -2.28. The summed E-state index contributed by atoms with van der Waals surface area (Å²) in [6.07, 6.45) is 0.106. The van der Waals surface area contributed by atoms with Gasteiger partial charge in [-0.2, -0.15) is 25.3 Å². The molecule has 0 saturated carbocycles. The molecule has 0 amide bonds. The monoisotopic (exact) mass is 210 g/mol. The molecule has 0 aromatic rings. The van der Waals surface area contributed by atoms with E-state index in [1.807, 2.05) is 6.92 Å². The van der Waals surface area contributed by atoms with Gasteiger partial charge in [-0.25, -0.2) is 0 Å². The molecule has 3 nitrogen and oxygen atoms in total. The van der Waals surface area contributed by atoms with E-state index in [4.69, 9.17) is 9.84 Å². The number of hydrogen-bond donors (Lipinski definition) is 3. The SMILES string of the molecule is CCC(S)C(=O)OC(CO)CS. The smallest absolute Gasteiger partial charge is 0.319 e. The Hall–Kier alpha value is 0.130. The summed E-state index contributed by atoms with van der Waals surface area (Å²) in [6.45, 7) is 1.65. The summed E-state index contributed by atoms with van der Waals surface area (Å²) >= 11 is 7.90. The second-order valence-corrected chi connectivity index (χ2v) is 3.34. The van der Waals surface area contributed by atoms with Crippen LogP contribution in [-0.4, -0.2) is 34.8 Å². The van der Waals surface area contributed by atoms with E-state index in [0.717, 1.165) is 0 Å². The average Bonchev–Trinajstić information content (AvgIpc) is 2.12. The van der Waals surface area contributed by atoms with Gasteiger partial charge in [-0.1, -0.05) is 6.92 Å². The Balaban J connectivity index is 3.81. The molecule has 0 rings (SSSR count). The molecule has 0 fully saturated rings. The summed E-state index contributed by atoms with van der Waals surface area (Å²) in [5.74, 6) is -0.0687. The van der Waals surface area contributed by atoms with E-state index in [2.05, 4.69) is 25.3 Å². The summed E-state index contributed by atoms with van der Waals surface area (Å²) in [5.41, 5.74) is 0. The van der Waals surface area contributed by atoms with Crippen molar-refractivity contribution in [1.82, 2.24) is 0 Å². The molecule has 0 aromatic heterocycles. The van der Waals surface area contributed by atoms with Gasteiger partial charge in [0, 0.05) is 5.75 Å². The van der Waals surface area contributed by atoms with Gasteiger partial charge in [0.1, 0.15) is 6.10 Å². The Kier molecular flexibility index (Phi) is 6.70. The Morgan fingerprint density at radius 3 is 2.58 bits per heavy atom. The quantitative estimate of drug-likeness (QED) is 0.458. The highest BCUT2D eigenvalue weighted by molar-refractivity contribution is 7.81. The van der Waals surface area contributed by atoms with Crippen LogP contribution in [0.4, 0.5) is 0 Å². The number of aliphatic hydroxyl groups is 1. The third kappa shape index (κ3) is 4.23. The van der Waals surface area contributed by atoms with Crippen molar-refractivity contribution in [2.75, 3.05) is 12.4 Å². The highest BCUT2D eigenvalue weighted by Gasteiger charge is 2.17. The van der Waals surface area contributed by atoms with Gasteiger partial charge in [-0.05, 0) is 6.42 Å². The topological polar surface area (TPSA) is 46.5 Å². The normalized spacial score (nSPS) is 15.3. The molecule has 0 radical (unpaired) electrons. The van der Waals surface area contributed by atoms with Gasteiger partial charge in [-0.15, -0.1) is 0 Å². The Morgan fingerprint density at radius 2 is 2.25 bits per heavy atom. The van der Waals surface area contributed by atoms with Crippen molar-refractivity contribution in [2.24, 2.45) is 0 Å². The zero-order valence-corrected chi connectivity index (χ0v) is 8.72. The molecule has 1 N–H and O–H groups in total. The van der Waals surface area contributed by atoms with Crippen molar-refractivity contribution in [3.63, 3.8) is 0 Å². The number of rotatable bonds is 5. The van der Waals surface area contributed by atoms with Crippen molar-refractivity contribution in [3.05, 3.63) is 0 Å². The van der Waals surface area contributed by atoms with Crippen LogP contribution in [0.1, 0.15) is 13.3 Å². The largest absolute Gasteiger partial charge is 0.458 e. The minimum atomic E-state index is -0.512. The van der Waals surface area contributed by atoms with E-state index in [1.54, 1.807) is 0 Å². The van der Waals surface area contributed by atoms with Gasteiger partial charge in [0.2, 0.25) is 0 Å². The zero-order valence-electron chi connectivity index (χ0n) is 6.93. The van der Waals surface area contributed by atoms with Crippen LogP contribution in [0.2, 0.25) is 0 Å². The molecule has 2 unspecified atom stereocenters. The number of carbonyl (C=O) groups excluding carboxylic acids is 1. The maximum Gasteiger partial charge on any atom is 0.319 e. The molecule has 0 spiro atoms. The number of ether oxygens (including phenoxy) is 1. The second-order valence-electron chi connectivity index (χ2n) is 2.35. The molecule has 0 heterocycles. The summed E-state index contributed by atoms with van der Waals surface area (Å²) in [4.78, 5) is 11.1. The minimum Gasteiger partial charge on any atom is -0.458 e. The van der Waals surface area contributed by atoms with Crippen LogP contribution in [0, 0.1) is 0 Å². The Bertz CT molecular complexity index is 137. The summed E-state index contributed by atoms with van der Waals surface area (Å²) in [7, 11) is 0. The number of esters is 1. The number of carbonyl (C=O) groups is 1. The van der Waals surface area contributed by atoms with Gasteiger partial charge >= 0.3 is 5.97 Å². The van der Waals surface area contributed by atoms with E-state index >= 15 is 0 Å². The van der Waals surface area contributed by atoms with E-state index < -0.39 is 17.3 Å². The van der Waals surface area contributed by atoms with Crippen LogP contribution in [-0.2, 0) is 9.53 Å². The van der Waals surface area contributed by atoms with Crippen molar-refractivity contribution < 1.29 is 14.6 Å². The summed E-state index contributed by atoms with van der Waals surface area (Å²) in [6, 6.07) is 0. The van der Waals surface area contributed by atoms with Crippen LogP contribution in [0.25, 0.3) is 0 Å². The molecule has 5 heteroatoms. The first-order valence-corrected chi connectivity index (χ1v) is 4.90. The fraction of sp³-hybridized carbons (Fsp3) is 0.857. The summed E-state index contributed by atoms with van der Waals surface area (Å²) < 4.78 is 4.86. The molecule has 0 aliphatic rings. The first-order valence-electron chi connectivity index (χ1n) is 3.76. The van der Waals surface area contributed by atoms with Gasteiger partial charge < -0.3 is 9.84 Å². The lowest BCUT2D eigenvalue weighted by Gasteiger charge is -2.15. The second kappa shape index (κ2) is 6.62. The average molecular weight is 210 g/mol. The fourth-order valence-corrected chi connectivity index (χ4v) is 0.793. The van der Waals surface area contributed by atoms with Gasteiger partial charge in [0.05, 0.1) is 11.9 Å². The number of aliphatic hydroxyl groups excluding tert-OH is 1. The zero-order chi connectivity index (χ0) is 9.56. The van der Waals surface area contributed by atoms with Crippen LogP contribution in [0.3, 0.4) is 0 Å². The van der Waals surface area contributed by atoms with E-state index in [1.165, 1.54) is 0 Å². The van der Waals surface area contributed by atoms with Crippen LogP contribution >= 0.6 is 25.3 Å². The van der Waals surface area contributed by atoms with Crippen LogP contribution in [0.15, 0.2) is 0 Å². The third-order valence-corrected chi connectivity index (χ3v) is 2.33. The third-order valence-electron chi connectivity index (χ3n) is 1.35. The molecule has 12 heavy (non-hydrogen) atoms. The van der Waals surface area contributed by atoms with Gasteiger partial charge in [0.25, 0.3) is 0 Å². The molecule has 2 atom stereocenters. The van der Waals surface area contributed by atoms with Gasteiger partial charge in [0.15, 0.2) is 0 Å². The van der Waals surface area contributed by atoms with Crippen LogP contribution in [0.5, 0.6) is 0 Å². The lowest BCUT2D eigenvalue weighted by molar-refractivity contribution is -0.149. The molecular weight excluding hydrogens is 196 g/mol. The van der Waals surface area contributed by atoms with Crippen LogP contribution < -0.4 is 0 Å². The van der Waals surface area contributed by atoms with E-state index in [0.29, 0.717) is 12.2 Å². The number of thiol groups is 2. The molecule has 0 bridgehead atoms. The first-order chi connectivity index (χ1) is 5.65. The first kappa shape index (κ1) is 12.1. The molecule has 0 aromatic carbocycles. The predicted molar refractivity (Wildman–Crippen MR) is 53.9 cm³/mol. The van der Waals surface area contributed by atoms with Crippen molar-refractivity contribution in [2.45, 2.75) is 24.7 Å². The maximum absolute atomic E-state index is 11.1. The van der Waals surface area contributed by atoms with Crippen molar-refractivity contribution in [1.29, 1.82) is 0 Å². The van der Waals surface area contributed by atoms with E-state index in [-0.39, 0.29) is 6.61 Å². The Labute approximate surface area is 83.3 Å². The van der Waals surface area contributed by atoms with Crippen molar-refractivity contribution in [3.8, 4) is 0 Å². The maximum atomic E-state index is 11.1. The highest BCUT2D eigenvalue weighted by atomic mass is 32.1. The van der Waals surface area contributed by atoms with E-state index in [9.17, 15) is 4.79 Å². The fourth-order valence-electron chi connectivity index (χ4n) is 0.542. The Morgan fingerprint density at radius 1 is 1.67 bits per heavy atom. The number of hydrogen-bond acceptors (Lipinski definition) is 5. The molecule has 72 valence electrons. The lowest BCUT2D eigenvalue weighted by atomic mass is 10.3. The highest BCUT2D eigenvalue weighted by Crippen LogP contribution is 2.05. The minimum absolute atomic E-state index is 0.195. The molecule has 0 saturated heterocycles. The standard InChI is InChI=1S/C7H14O3S2/c1-2-6(12)7(9)10-5(3-8)4-11/h5-6,8,11-12H,2-4H2,1H3. The summed E-state index contributed by atoms with van der Waals surface area (Å²) in [5, 5.41) is 8.27. The predicted octanol–water partition coefficient (Wildman–Crippen LogP) is 0.529. The molecule has 0 aliphatic carbocycles. The van der Waals surface area contributed by atoms with Gasteiger partial charge in [-0.3, -0.25) is 4.79 Å².